The molecule has 1 N–H and O–H groups in total. The number of carbonyl (C=O) groups excluding carboxylic acids is 1. The SMILES string of the molecule is COc1ccc(N2C(=O)NC3CC2(C)Oc2ccc(C)cc23)cc1OC. The number of benzene rings is 2. The number of fused-ring (bicyclic) bond motifs is 4. The number of hydrogen-bond acceptors (Lipinski definition) is 4. The van der Waals surface area contributed by atoms with Crippen LogP contribution in [0.4, 0.5) is 10.5 Å². The van der Waals surface area contributed by atoms with E-state index in [1.165, 1.54) is 0 Å². The minimum Gasteiger partial charge on any atom is -0.493 e. The molecule has 1 saturated heterocycles. The lowest BCUT2D eigenvalue weighted by molar-refractivity contribution is 0.0378. The van der Waals surface area contributed by atoms with Gasteiger partial charge < -0.3 is 19.5 Å². The fourth-order valence-electron chi connectivity index (χ4n) is 3.85. The largest absolute Gasteiger partial charge is 0.493 e. The smallest absolute Gasteiger partial charge is 0.325 e. The Balaban J connectivity index is 1.77. The highest BCUT2D eigenvalue weighted by Crippen LogP contribution is 2.46. The first kappa shape index (κ1) is 16.6. The molecule has 2 aliphatic rings. The molecule has 136 valence electrons. The van der Waals surface area contributed by atoms with Crippen LogP contribution in [0.25, 0.3) is 0 Å². The van der Waals surface area contributed by atoms with Gasteiger partial charge >= 0.3 is 6.03 Å². The molecule has 2 amide bonds. The molecule has 2 atom stereocenters. The predicted molar refractivity (Wildman–Crippen MR) is 98.1 cm³/mol. The number of hydrogen-bond donors (Lipinski definition) is 1. The number of ether oxygens (including phenoxy) is 3. The van der Waals surface area contributed by atoms with Crippen molar-refractivity contribution in [3.05, 3.63) is 47.5 Å². The van der Waals surface area contributed by atoms with Gasteiger partial charge in [0.15, 0.2) is 17.2 Å². The predicted octanol–water partition coefficient (Wildman–Crippen LogP) is 3.78. The Labute approximate surface area is 152 Å². The summed E-state index contributed by atoms with van der Waals surface area (Å²) in [7, 11) is 3.16. The fourth-order valence-corrected chi connectivity index (χ4v) is 3.85. The number of urea groups is 1. The van der Waals surface area contributed by atoms with Gasteiger partial charge in [0, 0.05) is 18.1 Å². The number of rotatable bonds is 3. The molecule has 2 aliphatic heterocycles. The van der Waals surface area contributed by atoms with Crippen molar-refractivity contribution in [2.24, 2.45) is 0 Å². The average Bonchev–Trinajstić information content (AvgIpc) is 2.61. The lowest BCUT2D eigenvalue weighted by Gasteiger charge is -2.50. The first-order chi connectivity index (χ1) is 12.4. The molecule has 2 aromatic rings. The topological polar surface area (TPSA) is 60.0 Å². The van der Waals surface area contributed by atoms with Crippen molar-refractivity contribution < 1.29 is 19.0 Å². The average molecular weight is 354 g/mol. The van der Waals surface area contributed by atoms with E-state index in [2.05, 4.69) is 11.4 Å². The number of carbonyl (C=O) groups is 1. The van der Waals surface area contributed by atoms with E-state index in [0.29, 0.717) is 23.6 Å². The summed E-state index contributed by atoms with van der Waals surface area (Å²) in [6.07, 6.45) is 0.656. The molecule has 0 aliphatic carbocycles. The quantitative estimate of drug-likeness (QED) is 0.911. The normalized spacial score (nSPS) is 23.6. The highest BCUT2D eigenvalue weighted by molar-refractivity contribution is 5.95. The number of aryl methyl sites for hydroxylation is 1. The molecule has 0 saturated carbocycles. The molecule has 2 aromatic carbocycles. The molecule has 2 unspecified atom stereocenters. The third-order valence-corrected chi connectivity index (χ3v) is 5.05. The van der Waals surface area contributed by atoms with Gasteiger partial charge in [0.1, 0.15) is 5.75 Å². The number of methoxy groups -OCH3 is 2. The van der Waals surface area contributed by atoms with E-state index in [-0.39, 0.29) is 12.1 Å². The minimum atomic E-state index is -0.783. The molecule has 1 fully saturated rings. The van der Waals surface area contributed by atoms with Crippen molar-refractivity contribution in [2.45, 2.75) is 32.0 Å². The van der Waals surface area contributed by atoms with Crippen molar-refractivity contribution in [1.82, 2.24) is 5.32 Å². The Kier molecular flexibility index (Phi) is 3.72. The molecule has 4 rings (SSSR count). The van der Waals surface area contributed by atoms with Gasteiger partial charge in [-0.05, 0) is 32.0 Å². The van der Waals surface area contributed by atoms with Gasteiger partial charge in [-0.25, -0.2) is 4.79 Å². The van der Waals surface area contributed by atoms with Gasteiger partial charge in [-0.1, -0.05) is 17.7 Å². The number of nitrogens with one attached hydrogen (secondary N) is 1. The van der Waals surface area contributed by atoms with Gasteiger partial charge in [-0.2, -0.15) is 0 Å². The molecule has 6 nitrogen and oxygen atoms in total. The summed E-state index contributed by atoms with van der Waals surface area (Å²) in [5.74, 6) is 1.98. The van der Waals surface area contributed by atoms with Crippen molar-refractivity contribution >= 4 is 11.7 Å². The zero-order valence-corrected chi connectivity index (χ0v) is 15.3. The van der Waals surface area contributed by atoms with Crippen molar-refractivity contribution in [3.63, 3.8) is 0 Å². The van der Waals surface area contributed by atoms with E-state index in [1.54, 1.807) is 31.3 Å². The monoisotopic (exact) mass is 354 g/mol. The lowest BCUT2D eigenvalue weighted by atomic mass is 9.89. The molecule has 2 heterocycles. The zero-order valence-electron chi connectivity index (χ0n) is 15.3. The van der Waals surface area contributed by atoms with Crippen LogP contribution in [0.2, 0.25) is 0 Å². The molecular formula is C20H22N2O4. The van der Waals surface area contributed by atoms with Crippen LogP contribution in [0.3, 0.4) is 0 Å². The van der Waals surface area contributed by atoms with Gasteiger partial charge in [0.25, 0.3) is 0 Å². The summed E-state index contributed by atoms with van der Waals surface area (Å²) in [5, 5.41) is 3.11. The second-order valence-electron chi connectivity index (χ2n) is 6.90. The number of amides is 2. The Hall–Kier alpha value is -2.89. The molecule has 6 heteroatoms. The molecule has 0 spiro atoms. The standard InChI is InChI=1S/C20H22N2O4/c1-12-5-7-16-14(9-12)15-11-20(2,26-16)22(19(23)21-15)13-6-8-17(24-3)18(10-13)25-4/h5-10,15H,11H2,1-4H3,(H,21,23). The van der Waals surface area contributed by atoms with Crippen LogP contribution in [0, 0.1) is 6.92 Å². The summed E-state index contributed by atoms with van der Waals surface area (Å²) < 4.78 is 17.0. The first-order valence-electron chi connectivity index (χ1n) is 8.57. The van der Waals surface area contributed by atoms with E-state index in [4.69, 9.17) is 14.2 Å². The third-order valence-electron chi connectivity index (χ3n) is 5.05. The molecule has 0 radical (unpaired) electrons. The summed E-state index contributed by atoms with van der Waals surface area (Å²) in [5.41, 5.74) is 2.08. The molecular weight excluding hydrogens is 332 g/mol. The summed E-state index contributed by atoms with van der Waals surface area (Å²) in [6.45, 7) is 3.98. The van der Waals surface area contributed by atoms with E-state index >= 15 is 0 Å². The van der Waals surface area contributed by atoms with Crippen LogP contribution < -0.4 is 24.4 Å². The van der Waals surface area contributed by atoms with Crippen LogP contribution >= 0.6 is 0 Å². The fraction of sp³-hybridized carbons (Fsp3) is 0.350. The second kappa shape index (κ2) is 5.83. The number of nitrogens with zero attached hydrogens (tertiary/aromatic N) is 1. The van der Waals surface area contributed by atoms with Crippen LogP contribution in [0.5, 0.6) is 17.2 Å². The Morgan fingerprint density at radius 1 is 1.15 bits per heavy atom. The minimum absolute atomic E-state index is 0.0625. The van der Waals surface area contributed by atoms with E-state index in [0.717, 1.165) is 16.9 Å². The third kappa shape index (κ3) is 2.44. The summed E-state index contributed by atoms with van der Waals surface area (Å²) >= 11 is 0. The molecule has 0 aromatic heterocycles. The van der Waals surface area contributed by atoms with Crippen LogP contribution in [0.1, 0.15) is 30.5 Å². The van der Waals surface area contributed by atoms with Crippen molar-refractivity contribution in [1.29, 1.82) is 0 Å². The Bertz CT molecular complexity index is 882. The van der Waals surface area contributed by atoms with E-state index in [1.807, 2.05) is 32.0 Å². The van der Waals surface area contributed by atoms with E-state index < -0.39 is 5.72 Å². The maximum absolute atomic E-state index is 12.9. The van der Waals surface area contributed by atoms with E-state index in [9.17, 15) is 4.79 Å². The molecule has 26 heavy (non-hydrogen) atoms. The van der Waals surface area contributed by atoms with Crippen LogP contribution in [-0.2, 0) is 0 Å². The van der Waals surface area contributed by atoms with Crippen LogP contribution in [-0.4, -0.2) is 26.0 Å². The van der Waals surface area contributed by atoms with Crippen molar-refractivity contribution in [3.8, 4) is 17.2 Å². The highest BCUT2D eigenvalue weighted by Gasteiger charge is 2.50. The van der Waals surface area contributed by atoms with Crippen molar-refractivity contribution in [2.75, 3.05) is 19.1 Å². The Morgan fingerprint density at radius 3 is 2.65 bits per heavy atom. The maximum atomic E-state index is 12.9. The van der Waals surface area contributed by atoms with Crippen LogP contribution in [0.15, 0.2) is 36.4 Å². The highest BCUT2D eigenvalue weighted by atomic mass is 16.5. The Morgan fingerprint density at radius 2 is 1.92 bits per heavy atom. The maximum Gasteiger partial charge on any atom is 0.325 e. The summed E-state index contributed by atoms with van der Waals surface area (Å²) in [6, 6.07) is 11.2. The number of anilines is 1. The first-order valence-corrected chi connectivity index (χ1v) is 8.57. The van der Waals surface area contributed by atoms with Gasteiger partial charge in [0.2, 0.25) is 0 Å². The zero-order chi connectivity index (χ0) is 18.5. The second-order valence-corrected chi connectivity index (χ2v) is 6.90. The lowest BCUT2D eigenvalue weighted by Crippen LogP contribution is -2.65. The molecule has 2 bridgehead atoms. The van der Waals surface area contributed by atoms with Gasteiger partial charge in [-0.3, -0.25) is 4.90 Å². The van der Waals surface area contributed by atoms with Gasteiger partial charge in [-0.15, -0.1) is 0 Å². The summed E-state index contributed by atoms with van der Waals surface area (Å²) in [4.78, 5) is 14.6. The van der Waals surface area contributed by atoms with Gasteiger partial charge in [0.05, 0.1) is 25.9 Å².